The van der Waals surface area contributed by atoms with Crippen LogP contribution in [0, 0.1) is 11.8 Å². The molecule has 20 heavy (non-hydrogen) atoms. The third-order valence-electron chi connectivity index (χ3n) is 4.96. The van der Waals surface area contributed by atoms with Gasteiger partial charge in [-0.2, -0.15) is 0 Å². The number of nitrogens with zero attached hydrogens (tertiary/aromatic N) is 1. The first-order valence-corrected chi connectivity index (χ1v) is 8.24. The molecule has 0 radical (unpaired) electrons. The normalized spacial score (nSPS) is 23.8. The van der Waals surface area contributed by atoms with Crippen LogP contribution in [0.1, 0.15) is 51.4 Å². The van der Waals surface area contributed by atoms with E-state index in [9.17, 15) is 4.79 Å². The highest BCUT2D eigenvalue weighted by atomic mass is 16.5. The minimum absolute atomic E-state index is 0.173. The molecule has 2 N–H and O–H groups in total. The third kappa shape index (κ3) is 4.45. The molecule has 1 saturated heterocycles. The van der Waals surface area contributed by atoms with Crippen molar-refractivity contribution in [2.45, 2.75) is 57.4 Å². The molecule has 2 fully saturated rings. The van der Waals surface area contributed by atoms with E-state index in [1.165, 1.54) is 32.1 Å². The van der Waals surface area contributed by atoms with Crippen LogP contribution in [0.3, 0.4) is 0 Å². The molecular formula is C16H30N2O2. The number of ether oxygens (including phenoxy) is 1. The minimum Gasteiger partial charge on any atom is -0.384 e. The summed E-state index contributed by atoms with van der Waals surface area (Å²) in [5.41, 5.74) is 6.16. The zero-order chi connectivity index (χ0) is 14.4. The number of carbonyl (C=O) groups is 1. The predicted octanol–water partition coefficient (Wildman–Crippen LogP) is 2.17. The smallest absolute Gasteiger partial charge is 0.239 e. The summed E-state index contributed by atoms with van der Waals surface area (Å²) in [7, 11) is 1.75. The Morgan fingerprint density at radius 3 is 2.40 bits per heavy atom. The van der Waals surface area contributed by atoms with Gasteiger partial charge in [-0.25, -0.2) is 0 Å². The number of hydrogen-bond donors (Lipinski definition) is 1. The van der Waals surface area contributed by atoms with Gasteiger partial charge in [0.05, 0.1) is 6.04 Å². The molecule has 1 aliphatic heterocycles. The molecule has 1 unspecified atom stereocenters. The molecule has 116 valence electrons. The van der Waals surface area contributed by atoms with Crippen LogP contribution < -0.4 is 5.73 Å². The molecule has 0 bridgehead atoms. The number of carbonyl (C=O) groups excluding carboxylic acids is 1. The fourth-order valence-electron chi connectivity index (χ4n) is 3.67. The van der Waals surface area contributed by atoms with Gasteiger partial charge in [0.15, 0.2) is 0 Å². The van der Waals surface area contributed by atoms with Gasteiger partial charge in [0.2, 0.25) is 5.91 Å². The van der Waals surface area contributed by atoms with Gasteiger partial charge >= 0.3 is 0 Å². The van der Waals surface area contributed by atoms with Crippen molar-refractivity contribution in [1.82, 2.24) is 4.90 Å². The van der Waals surface area contributed by atoms with Crippen molar-refractivity contribution in [3.63, 3.8) is 0 Å². The van der Waals surface area contributed by atoms with E-state index in [0.717, 1.165) is 39.0 Å². The number of piperidine rings is 1. The van der Waals surface area contributed by atoms with Gasteiger partial charge in [-0.1, -0.05) is 32.1 Å². The molecule has 2 aliphatic rings. The third-order valence-corrected chi connectivity index (χ3v) is 4.96. The van der Waals surface area contributed by atoms with Crippen molar-refractivity contribution >= 4 is 5.91 Å². The van der Waals surface area contributed by atoms with E-state index >= 15 is 0 Å². The van der Waals surface area contributed by atoms with E-state index in [1.54, 1.807) is 7.11 Å². The summed E-state index contributed by atoms with van der Waals surface area (Å²) in [4.78, 5) is 14.4. The van der Waals surface area contributed by atoms with Crippen molar-refractivity contribution in [2.75, 3.05) is 26.8 Å². The Morgan fingerprint density at radius 2 is 1.80 bits per heavy atom. The average molecular weight is 282 g/mol. The van der Waals surface area contributed by atoms with Crippen LogP contribution in [-0.2, 0) is 9.53 Å². The largest absolute Gasteiger partial charge is 0.384 e. The standard InChI is InChI=1S/C16H30N2O2/c1-20-12-14-7-9-18(10-8-14)16(19)15(17)11-13-5-3-2-4-6-13/h13-15H,2-12,17H2,1H3. The van der Waals surface area contributed by atoms with Crippen LogP contribution in [0.4, 0.5) is 0 Å². The zero-order valence-electron chi connectivity index (χ0n) is 12.9. The van der Waals surface area contributed by atoms with Crippen LogP contribution in [-0.4, -0.2) is 43.7 Å². The molecule has 1 heterocycles. The molecule has 1 saturated carbocycles. The number of rotatable bonds is 5. The molecule has 0 spiro atoms. The second-order valence-electron chi connectivity index (χ2n) is 6.57. The first-order valence-electron chi connectivity index (χ1n) is 8.24. The lowest BCUT2D eigenvalue weighted by Crippen LogP contribution is -2.48. The van der Waals surface area contributed by atoms with E-state index in [0.29, 0.717) is 11.8 Å². The summed E-state index contributed by atoms with van der Waals surface area (Å²) in [5.74, 6) is 1.46. The van der Waals surface area contributed by atoms with E-state index in [2.05, 4.69) is 0 Å². The van der Waals surface area contributed by atoms with E-state index in [1.807, 2.05) is 4.90 Å². The minimum atomic E-state index is -0.280. The fraction of sp³-hybridized carbons (Fsp3) is 0.938. The molecule has 2 rings (SSSR count). The number of nitrogens with two attached hydrogens (primary N) is 1. The average Bonchev–Trinajstić information content (AvgIpc) is 2.48. The molecule has 4 heteroatoms. The van der Waals surface area contributed by atoms with Crippen LogP contribution >= 0.6 is 0 Å². The highest BCUT2D eigenvalue weighted by Gasteiger charge is 2.28. The maximum absolute atomic E-state index is 12.4. The van der Waals surface area contributed by atoms with Crippen molar-refractivity contribution in [2.24, 2.45) is 17.6 Å². The van der Waals surface area contributed by atoms with Crippen LogP contribution in [0.5, 0.6) is 0 Å². The zero-order valence-corrected chi connectivity index (χ0v) is 12.9. The summed E-state index contributed by atoms with van der Waals surface area (Å²) < 4.78 is 5.20. The van der Waals surface area contributed by atoms with Gasteiger partial charge in [-0.05, 0) is 31.1 Å². The highest BCUT2D eigenvalue weighted by molar-refractivity contribution is 5.81. The molecular weight excluding hydrogens is 252 g/mol. The Morgan fingerprint density at radius 1 is 1.15 bits per heavy atom. The lowest BCUT2D eigenvalue weighted by molar-refractivity contribution is -0.134. The van der Waals surface area contributed by atoms with Crippen molar-refractivity contribution in [3.8, 4) is 0 Å². The van der Waals surface area contributed by atoms with E-state index in [-0.39, 0.29) is 11.9 Å². The number of likely N-dealkylation sites (tertiary alicyclic amines) is 1. The number of methoxy groups -OCH3 is 1. The molecule has 1 aliphatic carbocycles. The summed E-state index contributed by atoms with van der Waals surface area (Å²) in [6, 6.07) is -0.280. The van der Waals surface area contributed by atoms with Gasteiger partial charge in [0, 0.05) is 26.8 Å². The van der Waals surface area contributed by atoms with Gasteiger partial charge in [0.1, 0.15) is 0 Å². The Balaban J connectivity index is 1.73. The van der Waals surface area contributed by atoms with E-state index < -0.39 is 0 Å². The van der Waals surface area contributed by atoms with Crippen LogP contribution in [0.25, 0.3) is 0 Å². The second kappa shape index (κ2) is 7.99. The molecule has 0 aromatic heterocycles. The molecule has 1 amide bonds. The predicted molar refractivity (Wildman–Crippen MR) is 80.3 cm³/mol. The van der Waals surface area contributed by atoms with Gasteiger partial charge in [-0.15, -0.1) is 0 Å². The van der Waals surface area contributed by atoms with Crippen LogP contribution in [0.2, 0.25) is 0 Å². The monoisotopic (exact) mass is 282 g/mol. The van der Waals surface area contributed by atoms with Gasteiger partial charge < -0.3 is 15.4 Å². The van der Waals surface area contributed by atoms with Crippen molar-refractivity contribution in [1.29, 1.82) is 0 Å². The van der Waals surface area contributed by atoms with Gasteiger partial charge in [-0.3, -0.25) is 4.79 Å². The summed E-state index contributed by atoms with van der Waals surface area (Å²) in [6.07, 6.45) is 9.49. The van der Waals surface area contributed by atoms with Crippen molar-refractivity contribution in [3.05, 3.63) is 0 Å². The molecule has 0 aromatic carbocycles. The fourth-order valence-corrected chi connectivity index (χ4v) is 3.67. The summed E-state index contributed by atoms with van der Waals surface area (Å²) >= 11 is 0. The SMILES string of the molecule is COCC1CCN(C(=O)C(N)CC2CCCCC2)CC1. The molecule has 0 aromatic rings. The Labute approximate surface area is 123 Å². The Kier molecular flexibility index (Phi) is 6.30. The second-order valence-corrected chi connectivity index (χ2v) is 6.57. The number of hydrogen-bond acceptors (Lipinski definition) is 3. The Bertz CT molecular complexity index is 295. The van der Waals surface area contributed by atoms with Crippen LogP contribution in [0.15, 0.2) is 0 Å². The maximum Gasteiger partial charge on any atom is 0.239 e. The number of amides is 1. The first kappa shape index (κ1) is 15.8. The highest BCUT2D eigenvalue weighted by Crippen LogP contribution is 2.27. The van der Waals surface area contributed by atoms with E-state index in [4.69, 9.17) is 10.5 Å². The lowest BCUT2D eigenvalue weighted by atomic mass is 9.84. The maximum atomic E-state index is 12.4. The molecule has 1 atom stereocenters. The summed E-state index contributed by atoms with van der Waals surface area (Å²) in [5, 5.41) is 0. The first-order chi connectivity index (χ1) is 9.70. The quantitative estimate of drug-likeness (QED) is 0.841. The van der Waals surface area contributed by atoms with Crippen molar-refractivity contribution < 1.29 is 9.53 Å². The lowest BCUT2D eigenvalue weighted by Gasteiger charge is -2.34. The van der Waals surface area contributed by atoms with Gasteiger partial charge in [0.25, 0.3) is 0 Å². The molecule has 4 nitrogen and oxygen atoms in total. The summed E-state index contributed by atoms with van der Waals surface area (Å²) in [6.45, 7) is 2.52. The topological polar surface area (TPSA) is 55.6 Å². The Hall–Kier alpha value is -0.610.